The van der Waals surface area contributed by atoms with Crippen LogP contribution in [0.4, 0.5) is 0 Å². The molecule has 21 heavy (non-hydrogen) atoms. The van der Waals surface area contributed by atoms with Gasteiger partial charge < -0.3 is 9.67 Å². The summed E-state index contributed by atoms with van der Waals surface area (Å²) in [4.78, 5) is 10.8. The number of halogens is 2. The molecule has 0 bridgehead atoms. The predicted molar refractivity (Wildman–Crippen MR) is 84.5 cm³/mol. The van der Waals surface area contributed by atoms with Crippen molar-refractivity contribution in [3.63, 3.8) is 0 Å². The summed E-state index contributed by atoms with van der Waals surface area (Å²) in [5.74, 6) is -0.925. The van der Waals surface area contributed by atoms with E-state index in [1.807, 2.05) is 22.9 Å². The molecule has 2 aromatic carbocycles. The van der Waals surface area contributed by atoms with E-state index in [-0.39, 0.29) is 5.56 Å². The smallest absolute Gasteiger partial charge is 0.335 e. The van der Waals surface area contributed by atoms with Crippen molar-refractivity contribution in [2.45, 2.75) is 6.54 Å². The van der Waals surface area contributed by atoms with Crippen molar-refractivity contribution in [3.8, 4) is 0 Å². The summed E-state index contributed by atoms with van der Waals surface area (Å²) in [7, 11) is 0. The number of hydrogen-bond donors (Lipinski definition) is 1. The summed E-state index contributed by atoms with van der Waals surface area (Å²) < 4.78 is 2.03. The van der Waals surface area contributed by atoms with Crippen LogP contribution in [0.3, 0.4) is 0 Å². The second-order valence-corrected chi connectivity index (χ2v) is 5.61. The molecule has 0 radical (unpaired) electrons. The number of carboxylic acid groups (broad SMARTS) is 1. The molecule has 0 fully saturated rings. The van der Waals surface area contributed by atoms with E-state index in [4.69, 9.17) is 28.3 Å². The average Bonchev–Trinajstić information content (AvgIpc) is 2.83. The number of rotatable bonds is 3. The van der Waals surface area contributed by atoms with Crippen molar-refractivity contribution in [1.29, 1.82) is 0 Å². The zero-order valence-corrected chi connectivity index (χ0v) is 12.4. The van der Waals surface area contributed by atoms with Crippen LogP contribution < -0.4 is 0 Å². The van der Waals surface area contributed by atoms with Gasteiger partial charge >= 0.3 is 5.97 Å². The van der Waals surface area contributed by atoms with Gasteiger partial charge in [0.25, 0.3) is 0 Å². The standard InChI is InChI=1S/C16H11Cl2NO2/c17-12-7-14(18)13-5-6-19(15(13)8-12)9-10-1-3-11(4-2-10)16(20)21/h1-8H,9H2,(H,20,21). The Labute approximate surface area is 131 Å². The second-order valence-electron chi connectivity index (χ2n) is 4.77. The molecule has 0 aliphatic heterocycles. The predicted octanol–water partition coefficient (Wildman–Crippen LogP) is 4.69. The Kier molecular flexibility index (Phi) is 3.62. The fourth-order valence-electron chi connectivity index (χ4n) is 2.31. The Hall–Kier alpha value is -1.97. The van der Waals surface area contributed by atoms with Gasteiger partial charge in [-0.2, -0.15) is 0 Å². The summed E-state index contributed by atoms with van der Waals surface area (Å²) in [6, 6.07) is 12.3. The van der Waals surface area contributed by atoms with Gasteiger partial charge in [-0.15, -0.1) is 0 Å². The number of aromatic carboxylic acids is 1. The minimum Gasteiger partial charge on any atom is -0.478 e. The molecule has 3 rings (SSSR count). The highest BCUT2D eigenvalue weighted by molar-refractivity contribution is 6.38. The first kappa shape index (κ1) is 14.0. The molecule has 0 amide bonds. The van der Waals surface area contributed by atoms with Gasteiger partial charge in [0.1, 0.15) is 0 Å². The normalized spacial score (nSPS) is 11.0. The fourth-order valence-corrected chi connectivity index (χ4v) is 2.85. The molecular weight excluding hydrogens is 309 g/mol. The molecule has 0 aliphatic rings. The molecule has 0 aliphatic carbocycles. The van der Waals surface area contributed by atoms with E-state index >= 15 is 0 Å². The Bertz CT molecular complexity index is 822. The van der Waals surface area contributed by atoms with Crippen molar-refractivity contribution in [1.82, 2.24) is 4.57 Å². The molecule has 5 heteroatoms. The molecule has 0 saturated heterocycles. The molecule has 0 spiro atoms. The monoisotopic (exact) mass is 319 g/mol. The molecular formula is C16H11Cl2NO2. The Balaban J connectivity index is 1.96. The van der Waals surface area contributed by atoms with E-state index < -0.39 is 5.97 Å². The lowest BCUT2D eigenvalue weighted by atomic mass is 10.1. The van der Waals surface area contributed by atoms with Gasteiger partial charge in [-0.05, 0) is 35.9 Å². The first-order chi connectivity index (χ1) is 10.0. The quantitative estimate of drug-likeness (QED) is 0.760. The largest absolute Gasteiger partial charge is 0.478 e. The molecule has 3 aromatic rings. The molecule has 1 aromatic heterocycles. The molecule has 0 saturated carbocycles. The summed E-state index contributed by atoms with van der Waals surface area (Å²) in [6.45, 7) is 0.625. The minimum atomic E-state index is -0.925. The third-order valence-corrected chi connectivity index (χ3v) is 3.89. The Morgan fingerprint density at radius 3 is 2.48 bits per heavy atom. The lowest BCUT2D eigenvalue weighted by molar-refractivity contribution is 0.0697. The molecule has 0 atom stereocenters. The maximum Gasteiger partial charge on any atom is 0.335 e. The summed E-state index contributed by atoms with van der Waals surface area (Å²) in [6.07, 6.45) is 1.94. The van der Waals surface area contributed by atoms with Crippen LogP contribution in [-0.2, 0) is 6.54 Å². The minimum absolute atomic E-state index is 0.280. The number of carboxylic acids is 1. The van der Waals surface area contributed by atoms with Gasteiger partial charge in [-0.25, -0.2) is 4.79 Å². The highest BCUT2D eigenvalue weighted by atomic mass is 35.5. The number of hydrogen-bond acceptors (Lipinski definition) is 1. The van der Waals surface area contributed by atoms with Gasteiger partial charge in [0.05, 0.1) is 16.1 Å². The third kappa shape index (κ3) is 2.75. The van der Waals surface area contributed by atoms with Gasteiger partial charge in [-0.3, -0.25) is 0 Å². The summed E-state index contributed by atoms with van der Waals surface area (Å²) >= 11 is 12.2. The van der Waals surface area contributed by atoms with Gasteiger partial charge in [0, 0.05) is 23.2 Å². The lowest BCUT2D eigenvalue weighted by Crippen LogP contribution is -2.00. The van der Waals surface area contributed by atoms with E-state index in [9.17, 15) is 4.79 Å². The van der Waals surface area contributed by atoms with Crippen LogP contribution in [0.2, 0.25) is 10.0 Å². The SMILES string of the molecule is O=C(O)c1ccc(Cn2ccc3c(Cl)cc(Cl)cc32)cc1. The molecule has 0 unspecified atom stereocenters. The van der Waals surface area contributed by atoms with E-state index in [0.717, 1.165) is 16.5 Å². The zero-order chi connectivity index (χ0) is 15.0. The second kappa shape index (κ2) is 5.43. The first-order valence-corrected chi connectivity index (χ1v) is 7.06. The maximum absolute atomic E-state index is 10.8. The van der Waals surface area contributed by atoms with Crippen LogP contribution in [0.15, 0.2) is 48.7 Å². The Morgan fingerprint density at radius 1 is 1.10 bits per heavy atom. The van der Waals surface area contributed by atoms with Crippen molar-refractivity contribution in [3.05, 3.63) is 69.8 Å². The van der Waals surface area contributed by atoms with Crippen LogP contribution in [0.1, 0.15) is 15.9 Å². The highest BCUT2D eigenvalue weighted by Crippen LogP contribution is 2.29. The number of aromatic nitrogens is 1. The lowest BCUT2D eigenvalue weighted by Gasteiger charge is -2.07. The fraction of sp³-hybridized carbons (Fsp3) is 0.0625. The number of benzene rings is 2. The maximum atomic E-state index is 10.8. The van der Waals surface area contributed by atoms with E-state index in [1.165, 1.54) is 0 Å². The average molecular weight is 320 g/mol. The molecule has 1 N–H and O–H groups in total. The Morgan fingerprint density at radius 2 is 1.81 bits per heavy atom. The number of fused-ring (bicyclic) bond motifs is 1. The summed E-state index contributed by atoms with van der Waals surface area (Å²) in [5.41, 5.74) is 2.24. The van der Waals surface area contributed by atoms with Crippen LogP contribution in [0, 0.1) is 0 Å². The molecule has 1 heterocycles. The number of nitrogens with zero attached hydrogens (tertiary/aromatic N) is 1. The van der Waals surface area contributed by atoms with Crippen molar-refractivity contribution < 1.29 is 9.90 Å². The van der Waals surface area contributed by atoms with Crippen LogP contribution in [0.5, 0.6) is 0 Å². The third-order valence-electron chi connectivity index (χ3n) is 3.36. The van der Waals surface area contributed by atoms with Crippen molar-refractivity contribution in [2.75, 3.05) is 0 Å². The van der Waals surface area contributed by atoms with E-state index in [1.54, 1.807) is 30.3 Å². The van der Waals surface area contributed by atoms with Crippen molar-refractivity contribution in [2.24, 2.45) is 0 Å². The topological polar surface area (TPSA) is 42.2 Å². The zero-order valence-electron chi connectivity index (χ0n) is 10.9. The first-order valence-electron chi connectivity index (χ1n) is 6.31. The van der Waals surface area contributed by atoms with Gasteiger partial charge in [0.15, 0.2) is 0 Å². The van der Waals surface area contributed by atoms with Crippen LogP contribution in [-0.4, -0.2) is 15.6 Å². The van der Waals surface area contributed by atoms with Crippen molar-refractivity contribution >= 4 is 40.1 Å². The van der Waals surface area contributed by atoms with E-state index in [2.05, 4.69) is 0 Å². The molecule has 3 nitrogen and oxygen atoms in total. The van der Waals surface area contributed by atoms with Crippen LogP contribution in [0.25, 0.3) is 10.9 Å². The van der Waals surface area contributed by atoms with Gasteiger partial charge in [-0.1, -0.05) is 35.3 Å². The highest BCUT2D eigenvalue weighted by Gasteiger charge is 2.08. The molecule has 106 valence electrons. The number of carbonyl (C=O) groups is 1. The van der Waals surface area contributed by atoms with Gasteiger partial charge in [0.2, 0.25) is 0 Å². The summed E-state index contributed by atoms with van der Waals surface area (Å²) in [5, 5.41) is 11.1. The van der Waals surface area contributed by atoms with E-state index in [0.29, 0.717) is 16.6 Å². The van der Waals surface area contributed by atoms with Crippen LogP contribution >= 0.6 is 23.2 Å².